The zero-order valence-corrected chi connectivity index (χ0v) is 13.3. The van der Waals surface area contributed by atoms with Gasteiger partial charge in [-0.15, -0.1) is 0 Å². The molecule has 3 rings (SSSR count). The number of hydrogen-bond donors (Lipinski definition) is 3. The largest absolute Gasteiger partial charge is 0.478 e. The molecule has 2 aromatic carbocycles. The quantitative estimate of drug-likeness (QED) is 0.672. The molecule has 23 heavy (non-hydrogen) atoms. The molecule has 1 aromatic heterocycles. The van der Waals surface area contributed by atoms with Gasteiger partial charge < -0.3 is 15.4 Å². The molecule has 0 spiro atoms. The van der Waals surface area contributed by atoms with E-state index in [1.165, 1.54) is 22.0 Å². The maximum atomic E-state index is 10.8. The van der Waals surface area contributed by atoms with Crippen molar-refractivity contribution in [1.82, 2.24) is 10.3 Å². The van der Waals surface area contributed by atoms with Gasteiger partial charge in [-0.3, -0.25) is 0 Å². The van der Waals surface area contributed by atoms with E-state index < -0.39 is 5.97 Å². The van der Waals surface area contributed by atoms with E-state index in [-0.39, 0.29) is 0 Å². The van der Waals surface area contributed by atoms with Gasteiger partial charge >= 0.3 is 5.97 Å². The SMILES string of the molecule is Cc1cc(C)c2cc(CNCc3ccc(C(=O)O)cc3)[nH]c2c1. The number of aromatic carboxylic acids is 1. The summed E-state index contributed by atoms with van der Waals surface area (Å²) in [4.78, 5) is 14.3. The molecule has 0 aliphatic heterocycles. The minimum absolute atomic E-state index is 0.315. The highest BCUT2D eigenvalue weighted by molar-refractivity contribution is 5.87. The lowest BCUT2D eigenvalue weighted by Crippen LogP contribution is -2.13. The lowest BCUT2D eigenvalue weighted by atomic mass is 10.1. The van der Waals surface area contributed by atoms with Gasteiger partial charge in [0.2, 0.25) is 0 Å². The minimum Gasteiger partial charge on any atom is -0.478 e. The molecular weight excluding hydrogens is 288 g/mol. The van der Waals surface area contributed by atoms with Gasteiger partial charge in [-0.25, -0.2) is 4.79 Å². The Morgan fingerprint density at radius 3 is 2.52 bits per heavy atom. The van der Waals surface area contributed by atoms with Gasteiger partial charge in [0.25, 0.3) is 0 Å². The Bertz CT molecular complexity index is 848. The normalized spacial score (nSPS) is 11.0. The smallest absolute Gasteiger partial charge is 0.335 e. The van der Waals surface area contributed by atoms with Crippen molar-refractivity contribution in [2.24, 2.45) is 0 Å². The first-order chi connectivity index (χ1) is 11.0. The fourth-order valence-corrected chi connectivity index (χ4v) is 2.86. The molecule has 0 bridgehead atoms. The lowest BCUT2D eigenvalue weighted by Gasteiger charge is -2.04. The monoisotopic (exact) mass is 308 g/mol. The Balaban J connectivity index is 1.64. The Labute approximate surface area is 135 Å². The first-order valence-corrected chi connectivity index (χ1v) is 7.65. The maximum Gasteiger partial charge on any atom is 0.335 e. The number of hydrogen-bond acceptors (Lipinski definition) is 2. The number of carboxylic acid groups (broad SMARTS) is 1. The van der Waals surface area contributed by atoms with Crippen LogP contribution in [-0.4, -0.2) is 16.1 Å². The summed E-state index contributed by atoms with van der Waals surface area (Å²) in [7, 11) is 0. The molecule has 0 atom stereocenters. The number of carbonyl (C=O) groups is 1. The molecule has 0 aliphatic carbocycles. The number of rotatable bonds is 5. The molecule has 3 N–H and O–H groups in total. The number of aromatic amines is 1. The molecule has 0 fully saturated rings. The van der Waals surface area contributed by atoms with Gasteiger partial charge in [0.15, 0.2) is 0 Å². The average Bonchev–Trinajstić information content (AvgIpc) is 2.91. The zero-order chi connectivity index (χ0) is 16.4. The summed E-state index contributed by atoms with van der Waals surface area (Å²) in [6.07, 6.45) is 0. The van der Waals surface area contributed by atoms with E-state index in [2.05, 4.69) is 42.3 Å². The van der Waals surface area contributed by atoms with Crippen LogP contribution in [-0.2, 0) is 13.1 Å². The first kappa shape index (κ1) is 15.3. The second-order valence-electron chi connectivity index (χ2n) is 5.94. The van der Waals surface area contributed by atoms with Gasteiger partial charge in [-0.05, 0) is 54.8 Å². The highest BCUT2D eigenvalue weighted by atomic mass is 16.4. The van der Waals surface area contributed by atoms with Gasteiger partial charge in [0, 0.05) is 29.7 Å². The van der Waals surface area contributed by atoms with Crippen LogP contribution in [0, 0.1) is 13.8 Å². The number of aryl methyl sites for hydroxylation is 2. The van der Waals surface area contributed by atoms with Crippen molar-refractivity contribution in [3.8, 4) is 0 Å². The summed E-state index contributed by atoms with van der Waals surface area (Å²) in [5.41, 5.74) is 6.25. The van der Waals surface area contributed by atoms with E-state index in [4.69, 9.17) is 5.11 Å². The minimum atomic E-state index is -0.895. The highest BCUT2D eigenvalue weighted by Gasteiger charge is 2.05. The third-order valence-electron chi connectivity index (χ3n) is 3.99. The second-order valence-corrected chi connectivity index (χ2v) is 5.94. The van der Waals surface area contributed by atoms with Crippen LogP contribution in [0.4, 0.5) is 0 Å². The second kappa shape index (κ2) is 6.26. The molecule has 0 saturated heterocycles. The molecule has 3 aromatic rings. The molecule has 0 amide bonds. The van der Waals surface area contributed by atoms with Crippen LogP contribution in [0.5, 0.6) is 0 Å². The Kier molecular flexibility index (Phi) is 4.17. The summed E-state index contributed by atoms with van der Waals surface area (Å²) in [5.74, 6) is -0.895. The van der Waals surface area contributed by atoms with Crippen LogP contribution in [0.3, 0.4) is 0 Å². The molecular formula is C19H20N2O2. The number of H-pyrrole nitrogens is 1. The Hall–Kier alpha value is -2.59. The average molecular weight is 308 g/mol. The number of carboxylic acids is 1. The van der Waals surface area contributed by atoms with Crippen LogP contribution < -0.4 is 5.32 Å². The van der Waals surface area contributed by atoms with E-state index in [1.807, 2.05) is 12.1 Å². The predicted octanol–water partition coefficient (Wildman–Crippen LogP) is 3.77. The van der Waals surface area contributed by atoms with Crippen molar-refractivity contribution in [2.45, 2.75) is 26.9 Å². The van der Waals surface area contributed by atoms with E-state index >= 15 is 0 Å². The molecule has 118 valence electrons. The van der Waals surface area contributed by atoms with Crippen molar-refractivity contribution >= 4 is 16.9 Å². The Morgan fingerprint density at radius 1 is 1.09 bits per heavy atom. The van der Waals surface area contributed by atoms with Gasteiger partial charge in [0.05, 0.1) is 5.56 Å². The number of nitrogens with one attached hydrogen (secondary N) is 2. The summed E-state index contributed by atoms with van der Waals surface area (Å²) in [6, 6.07) is 13.5. The van der Waals surface area contributed by atoms with Gasteiger partial charge in [-0.1, -0.05) is 18.2 Å². The first-order valence-electron chi connectivity index (χ1n) is 7.65. The van der Waals surface area contributed by atoms with Crippen LogP contribution in [0.1, 0.15) is 32.7 Å². The molecule has 0 radical (unpaired) electrons. The fraction of sp³-hybridized carbons (Fsp3) is 0.211. The molecule has 4 heteroatoms. The summed E-state index contributed by atoms with van der Waals surface area (Å²) < 4.78 is 0. The topological polar surface area (TPSA) is 65.1 Å². The maximum absolute atomic E-state index is 10.8. The lowest BCUT2D eigenvalue weighted by molar-refractivity contribution is 0.0697. The van der Waals surface area contributed by atoms with Crippen LogP contribution >= 0.6 is 0 Å². The molecule has 1 heterocycles. The van der Waals surface area contributed by atoms with Crippen LogP contribution in [0.25, 0.3) is 10.9 Å². The molecule has 0 aliphatic rings. The summed E-state index contributed by atoms with van der Waals surface area (Å²) in [6.45, 7) is 5.68. The Morgan fingerprint density at radius 2 is 1.83 bits per heavy atom. The zero-order valence-electron chi connectivity index (χ0n) is 13.3. The van der Waals surface area contributed by atoms with Crippen molar-refractivity contribution in [2.75, 3.05) is 0 Å². The van der Waals surface area contributed by atoms with Crippen LogP contribution in [0.15, 0.2) is 42.5 Å². The number of aromatic nitrogens is 1. The van der Waals surface area contributed by atoms with E-state index in [0.29, 0.717) is 12.1 Å². The summed E-state index contributed by atoms with van der Waals surface area (Å²) >= 11 is 0. The predicted molar refractivity (Wildman–Crippen MR) is 91.7 cm³/mol. The fourth-order valence-electron chi connectivity index (χ4n) is 2.86. The van der Waals surface area contributed by atoms with E-state index in [0.717, 1.165) is 17.8 Å². The standard InChI is InChI=1S/C19H20N2O2/c1-12-7-13(2)17-9-16(21-18(17)8-12)11-20-10-14-3-5-15(6-4-14)19(22)23/h3-9,20-21H,10-11H2,1-2H3,(H,22,23). The van der Waals surface area contributed by atoms with Gasteiger partial charge in [0.1, 0.15) is 0 Å². The van der Waals surface area contributed by atoms with E-state index in [1.54, 1.807) is 12.1 Å². The van der Waals surface area contributed by atoms with Crippen molar-refractivity contribution in [3.05, 3.63) is 70.4 Å². The van der Waals surface area contributed by atoms with Crippen molar-refractivity contribution in [1.29, 1.82) is 0 Å². The number of fused-ring (bicyclic) bond motifs is 1. The molecule has 0 unspecified atom stereocenters. The van der Waals surface area contributed by atoms with Gasteiger partial charge in [-0.2, -0.15) is 0 Å². The van der Waals surface area contributed by atoms with Crippen molar-refractivity contribution in [3.63, 3.8) is 0 Å². The highest BCUT2D eigenvalue weighted by Crippen LogP contribution is 2.21. The summed E-state index contributed by atoms with van der Waals surface area (Å²) in [5, 5.41) is 13.5. The molecule has 4 nitrogen and oxygen atoms in total. The number of benzene rings is 2. The van der Waals surface area contributed by atoms with E-state index in [9.17, 15) is 4.79 Å². The molecule has 0 saturated carbocycles. The third-order valence-corrected chi connectivity index (χ3v) is 3.99. The van der Waals surface area contributed by atoms with Crippen molar-refractivity contribution < 1.29 is 9.90 Å². The van der Waals surface area contributed by atoms with Crippen LogP contribution in [0.2, 0.25) is 0 Å². The third kappa shape index (κ3) is 3.43.